The van der Waals surface area contributed by atoms with Crippen molar-refractivity contribution in [3.05, 3.63) is 0 Å². The summed E-state index contributed by atoms with van der Waals surface area (Å²) in [4.78, 5) is 16.9. The molecule has 1 amide bonds. The average molecular weight is 342 g/mol. The minimum absolute atomic E-state index is 0. The van der Waals surface area contributed by atoms with Gasteiger partial charge in [0.15, 0.2) is 0 Å². The lowest BCUT2D eigenvalue weighted by molar-refractivity contribution is -0.136. The monoisotopic (exact) mass is 341 g/mol. The number of amides is 1. The summed E-state index contributed by atoms with van der Waals surface area (Å²) in [5.74, 6) is 0.149. The lowest BCUT2D eigenvalue weighted by atomic mass is 10.0. The number of hydrogen-bond donors (Lipinski definition) is 1. The molecule has 2 fully saturated rings. The van der Waals surface area contributed by atoms with E-state index in [-0.39, 0.29) is 42.7 Å². The van der Waals surface area contributed by atoms with Crippen molar-refractivity contribution in [1.29, 1.82) is 0 Å². The highest BCUT2D eigenvalue weighted by atomic mass is 35.5. The molecule has 2 aliphatic rings. The smallest absolute Gasteiger partial charge is 0.227 e. The van der Waals surface area contributed by atoms with E-state index in [0.717, 1.165) is 52.2 Å². The molecule has 2 heterocycles. The zero-order valence-electron chi connectivity index (χ0n) is 13.0. The van der Waals surface area contributed by atoms with Crippen LogP contribution in [0.4, 0.5) is 0 Å². The molecule has 2 rings (SSSR count). The summed E-state index contributed by atoms with van der Waals surface area (Å²) in [5, 5.41) is 0. The molecular formula is C14H29Cl2N3O2. The predicted molar refractivity (Wildman–Crippen MR) is 89.3 cm³/mol. The highest BCUT2D eigenvalue weighted by Crippen LogP contribution is 2.21. The van der Waals surface area contributed by atoms with E-state index >= 15 is 0 Å². The van der Waals surface area contributed by atoms with Gasteiger partial charge in [-0.05, 0) is 19.8 Å². The van der Waals surface area contributed by atoms with Gasteiger partial charge >= 0.3 is 0 Å². The lowest BCUT2D eigenvalue weighted by Crippen LogP contribution is -2.49. The van der Waals surface area contributed by atoms with Crippen LogP contribution < -0.4 is 5.73 Å². The number of halogens is 2. The molecular weight excluding hydrogens is 313 g/mol. The van der Waals surface area contributed by atoms with Gasteiger partial charge in [0.05, 0.1) is 19.1 Å². The number of nitrogens with zero attached hydrogens (tertiary/aromatic N) is 2. The van der Waals surface area contributed by atoms with Crippen molar-refractivity contribution < 1.29 is 9.53 Å². The molecule has 126 valence electrons. The van der Waals surface area contributed by atoms with Crippen LogP contribution >= 0.6 is 24.8 Å². The third-order valence-corrected chi connectivity index (χ3v) is 4.41. The Hall–Kier alpha value is -0.0700. The third kappa shape index (κ3) is 5.57. The van der Waals surface area contributed by atoms with E-state index < -0.39 is 0 Å². The van der Waals surface area contributed by atoms with Crippen LogP contribution in [0.5, 0.6) is 0 Å². The van der Waals surface area contributed by atoms with Crippen LogP contribution in [0.1, 0.15) is 26.7 Å². The van der Waals surface area contributed by atoms with Crippen LogP contribution in [0.25, 0.3) is 0 Å². The van der Waals surface area contributed by atoms with E-state index in [4.69, 9.17) is 10.5 Å². The molecule has 0 bridgehead atoms. The topological polar surface area (TPSA) is 58.8 Å². The van der Waals surface area contributed by atoms with Gasteiger partial charge in [-0.15, -0.1) is 24.8 Å². The van der Waals surface area contributed by atoms with E-state index in [1.807, 2.05) is 13.8 Å². The Balaban J connectivity index is 0.00000200. The Morgan fingerprint density at radius 1 is 1.24 bits per heavy atom. The molecule has 2 saturated heterocycles. The standard InChI is InChI=1S/C14H27N3O2.2ClH/c1-11(12(2)15)14(18)17-5-3-4-13(17)10-16-6-8-19-9-7-16;;/h11-13H,3-10,15H2,1-2H3;2*1H. The molecule has 2 aliphatic heterocycles. The number of hydrogen-bond acceptors (Lipinski definition) is 4. The maximum atomic E-state index is 12.4. The number of carbonyl (C=O) groups excluding carboxylic acids is 1. The number of carbonyl (C=O) groups is 1. The van der Waals surface area contributed by atoms with Gasteiger partial charge in [0.2, 0.25) is 5.91 Å². The van der Waals surface area contributed by atoms with Crippen LogP contribution in [-0.4, -0.2) is 67.2 Å². The second-order valence-corrected chi connectivity index (χ2v) is 5.89. The Labute approximate surface area is 140 Å². The van der Waals surface area contributed by atoms with E-state index in [1.54, 1.807) is 0 Å². The predicted octanol–water partition coefficient (Wildman–Crippen LogP) is 1.14. The van der Waals surface area contributed by atoms with Crippen LogP contribution in [0.3, 0.4) is 0 Å². The van der Waals surface area contributed by atoms with Gasteiger partial charge in [-0.25, -0.2) is 0 Å². The van der Waals surface area contributed by atoms with Gasteiger partial charge in [-0.1, -0.05) is 6.92 Å². The Morgan fingerprint density at radius 3 is 2.43 bits per heavy atom. The summed E-state index contributed by atoms with van der Waals surface area (Å²) >= 11 is 0. The molecule has 0 saturated carbocycles. The molecule has 21 heavy (non-hydrogen) atoms. The van der Waals surface area contributed by atoms with Gasteiger partial charge in [0.1, 0.15) is 0 Å². The molecule has 0 aromatic heterocycles. The van der Waals surface area contributed by atoms with Crippen molar-refractivity contribution in [2.45, 2.75) is 38.8 Å². The molecule has 7 heteroatoms. The lowest BCUT2D eigenvalue weighted by Gasteiger charge is -2.34. The maximum Gasteiger partial charge on any atom is 0.227 e. The van der Waals surface area contributed by atoms with Crippen molar-refractivity contribution >= 4 is 30.7 Å². The molecule has 0 radical (unpaired) electrons. The fourth-order valence-corrected chi connectivity index (χ4v) is 2.88. The van der Waals surface area contributed by atoms with Crippen molar-refractivity contribution in [2.24, 2.45) is 11.7 Å². The number of likely N-dealkylation sites (tertiary alicyclic amines) is 1. The summed E-state index contributed by atoms with van der Waals surface area (Å²) in [5.41, 5.74) is 5.86. The van der Waals surface area contributed by atoms with Crippen LogP contribution in [0.15, 0.2) is 0 Å². The van der Waals surface area contributed by atoms with Gasteiger partial charge in [-0.2, -0.15) is 0 Å². The summed E-state index contributed by atoms with van der Waals surface area (Å²) in [6, 6.07) is 0.295. The van der Waals surface area contributed by atoms with Crippen molar-refractivity contribution in [3.63, 3.8) is 0 Å². The van der Waals surface area contributed by atoms with Crippen LogP contribution in [0.2, 0.25) is 0 Å². The van der Waals surface area contributed by atoms with Crippen molar-refractivity contribution in [1.82, 2.24) is 9.80 Å². The first-order chi connectivity index (χ1) is 9.09. The SMILES string of the molecule is CC(N)C(C)C(=O)N1CCCC1CN1CCOCC1.Cl.Cl. The van der Waals surface area contributed by atoms with Crippen LogP contribution in [-0.2, 0) is 9.53 Å². The van der Waals surface area contributed by atoms with E-state index in [1.165, 1.54) is 0 Å². The van der Waals surface area contributed by atoms with Crippen LogP contribution in [0, 0.1) is 5.92 Å². The summed E-state index contributed by atoms with van der Waals surface area (Å²) in [6.07, 6.45) is 2.24. The molecule has 3 unspecified atom stereocenters. The first-order valence-corrected chi connectivity index (χ1v) is 7.45. The van der Waals surface area contributed by atoms with Crippen molar-refractivity contribution in [3.8, 4) is 0 Å². The number of ether oxygens (including phenoxy) is 1. The molecule has 0 aliphatic carbocycles. The van der Waals surface area contributed by atoms with E-state index in [2.05, 4.69) is 9.80 Å². The number of nitrogens with two attached hydrogens (primary N) is 1. The summed E-state index contributed by atoms with van der Waals surface area (Å²) < 4.78 is 5.37. The Morgan fingerprint density at radius 2 is 1.86 bits per heavy atom. The van der Waals surface area contributed by atoms with Gasteiger partial charge < -0.3 is 15.4 Å². The summed E-state index contributed by atoms with van der Waals surface area (Å²) in [7, 11) is 0. The van der Waals surface area contributed by atoms with Gasteiger partial charge in [-0.3, -0.25) is 9.69 Å². The second kappa shape index (κ2) is 9.85. The maximum absolute atomic E-state index is 12.4. The quantitative estimate of drug-likeness (QED) is 0.832. The van der Waals surface area contributed by atoms with Gasteiger partial charge in [0, 0.05) is 38.3 Å². The first kappa shape index (κ1) is 20.9. The number of morpholine rings is 1. The molecule has 0 spiro atoms. The normalized spacial score (nSPS) is 25.7. The number of rotatable bonds is 4. The zero-order valence-corrected chi connectivity index (χ0v) is 14.6. The minimum Gasteiger partial charge on any atom is -0.379 e. The first-order valence-electron chi connectivity index (χ1n) is 7.45. The zero-order chi connectivity index (χ0) is 13.8. The molecule has 0 aromatic carbocycles. The highest BCUT2D eigenvalue weighted by molar-refractivity contribution is 5.85. The fourth-order valence-electron chi connectivity index (χ4n) is 2.88. The second-order valence-electron chi connectivity index (χ2n) is 5.89. The molecule has 0 aromatic rings. The summed E-state index contributed by atoms with van der Waals surface area (Å²) in [6.45, 7) is 9.34. The van der Waals surface area contributed by atoms with E-state index in [9.17, 15) is 4.79 Å². The average Bonchev–Trinajstić information content (AvgIpc) is 2.86. The van der Waals surface area contributed by atoms with Crippen molar-refractivity contribution in [2.75, 3.05) is 39.4 Å². The highest BCUT2D eigenvalue weighted by Gasteiger charge is 2.33. The largest absolute Gasteiger partial charge is 0.379 e. The van der Waals surface area contributed by atoms with E-state index in [0.29, 0.717) is 6.04 Å². The minimum atomic E-state index is -0.0784. The molecule has 2 N–H and O–H groups in total. The Bertz CT molecular complexity index is 313. The molecule has 5 nitrogen and oxygen atoms in total. The molecule has 3 atom stereocenters. The Kier molecular flexibility index (Phi) is 9.81. The third-order valence-electron chi connectivity index (χ3n) is 4.41. The van der Waals surface area contributed by atoms with Gasteiger partial charge in [0.25, 0.3) is 0 Å². The fraction of sp³-hybridized carbons (Fsp3) is 0.929.